The molecule has 15 heavy (non-hydrogen) atoms. The largest absolute Gasteiger partial charge is 0.507 e. The highest BCUT2D eigenvalue weighted by molar-refractivity contribution is 5.66. The minimum atomic E-state index is -0.815. The number of halogens is 2. The Balaban J connectivity index is 2.60. The zero-order chi connectivity index (χ0) is 10.8. The van der Waals surface area contributed by atoms with Crippen molar-refractivity contribution in [1.82, 2.24) is 4.98 Å². The Morgan fingerprint density at radius 3 is 2.80 bits per heavy atom. The molecule has 0 unspecified atom stereocenters. The first-order valence-corrected chi connectivity index (χ1v) is 4.19. The molecule has 2 aromatic rings. The maximum Gasteiger partial charge on any atom is 0.152 e. The van der Waals surface area contributed by atoms with Gasteiger partial charge >= 0.3 is 0 Å². The van der Waals surface area contributed by atoms with Crippen molar-refractivity contribution in [2.45, 2.75) is 0 Å². The number of aromatic hydroxyl groups is 1. The lowest BCUT2D eigenvalue weighted by atomic mass is 10.1. The SMILES string of the molecule is Oc1[c]cccc1-c1ncc(F)cc1F. The highest BCUT2D eigenvalue weighted by Gasteiger charge is 2.11. The average Bonchev–Trinajstić information content (AvgIpc) is 2.20. The van der Waals surface area contributed by atoms with Crippen LogP contribution in [0.25, 0.3) is 11.3 Å². The van der Waals surface area contributed by atoms with Crippen molar-refractivity contribution in [2.24, 2.45) is 0 Å². The van der Waals surface area contributed by atoms with Crippen molar-refractivity contribution in [3.05, 3.63) is 48.2 Å². The molecule has 0 amide bonds. The second-order valence-corrected chi connectivity index (χ2v) is 2.92. The quantitative estimate of drug-likeness (QED) is 0.777. The van der Waals surface area contributed by atoms with Gasteiger partial charge in [-0.25, -0.2) is 13.8 Å². The van der Waals surface area contributed by atoms with Crippen LogP contribution in [-0.2, 0) is 0 Å². The summed E-state index contributed by atoms with van der Waals surface area (Å²) in [5, 5.41) is 9.40. The van der Waals surface area contributed by atoms with E-state index in [0.717, 1.165) is 12.3 Å². The van der Waals surface area contributed by atoms with Gasteiger partial charge in [0.05, 0.1) is 6.20 Å². The van der Waals surface area contributed by atoms with Crippen molar-refractivity contribution in [3.63, 3.8) is 0 Å². The lowest BCUT2D eigenvalue weighted by Gasteiger charge is -2.03. The molecule has 1 aromatic heterocycles. The Kier molecular flexibility index (Phi) is 2.33. The molecule has 0 saturated carbocycles. The molecule has 0 atom stereocenters. The molecule has 1 radical (unpaired) electrons. The van der Waals surface area contributed by atoms with Gasteiger partial charge in [-0.2, -0.15) is 0 Å². The Labute approximate surface area is 84.8 Å². The van der Waals surface area contributed by atoms with Gasteiger partial charge in [-0.3, -0.25) is 0 Å². The van der Waals surface area contributed by atoms with E-state index < -0.39 is 11.6 Å². The number of pyridine rings is 1. The van der Waals surface area contributed by atoms with E-state index in [-0.39, 0.29) is 17.0 Å². The molecule has 2 nitrogen and oxygen atoms in total. The summed E-state index contributed by atoms with van der Waals surface area (Å²) in [6.07, 6.45) is 0.894. The summed E-state index contributed by atoms with van der Waals surface area (Å²) in [7, 11) is 0. The topological polar surface area (TPSA) is 33.1 Å². The zero-order valence-corrected chi connectivity index (χ0v) is 7.54. The minimum absolute atomic E-state index is 0.0919. The number of benzene rings is 1. The molecule has 1 N–H and O–H groups in total. The van der Waals surface area contributed by atoms with Crippen LogP contribution in [0.2, 0.25) is 0 Å². The van der Waals surface area contributed by atoms with Crippen LogP contribution in [0.1, 0.15) is 0 Å². The number of phenolic OH excluding ortho intramolecular Hbond substituents is 1. The maximum atomic E-state index is 13.3. The Morgan fingerprint density at radius 2 is 2.13 bits per heavy atom. The van der Waals surface area contributed by atoms with E-state index in [9.17, 15) is 13.9 Å². The van der Waals surface area contributed by atoms with Crippen LogP contribution in [-0.4, -0.2) is 10.1 Å². The van der Waals surface area contributed by atoms with Gasteiger partial charge < -0.3 is 5.11 Å². The van der Waals surface area contributed by atoms with E-state index in [2.05, 4.69) is 11.1 Å². The van der Waals surface area contributed by atoms with Crippen molar-refractivity contribution in [2.75, 3.05) is 0 Å². The molecule has 0 aliphatic carbocycles. The fourth-order valence-corrected chi connectivity index (χ4v) is 1.23. The molecule has 0 bridgehead atoms. The minimum Gasteiger partial charge on any atom is -0.507 e. The number of phenols is 1. The first kappa shape index (κ1) is 9.58. The molecule has 75 valence electrons. The smallest absolute Gasteiger partial charge is 0.152 e. The average molecular weight is 206 g/mol. The summed E-state index contributed by atoms with van der Waals surface area (Å²) in [4.78, 5) is 3.58. The van der Waals surface area contributed by atoms with E-state index in [4.69, 9.17) is 0 Å². The molecule has 0 aliphatic heterocycles. The highest BCUT2D eigenvalue weighted by atomic mass is 19.1. The maximum absolute atomic E-state index is 13.3. The predicted octanol–water partition coefficient (Wildman–Crippen LogP) is 2.53. The summed E-state index contributed by atoms with van der Waals surface area (Å²) in [5.74, 6) is -1.78. The zero-order valence-electron chi connectivity index (χ0n) is 7.54. The van der Waals surface area contributed by atoms with Crippen LogP contribution < -0.4 is 0 Å². The Hall–Kier alpha value is -1.97. The van der Waals surface area contributed by atoms with E-state index in [1.165, 1.54) is 12.1 Å². The summed E-state index contributed by atoms with van der Waals surface area (Å²) in [6.45, 7) is 0. The lowest BCUT2D eigenvalue weighted by Crippen LogP contribution is -1.91. The van der Waals surface area contributed by atoms with Crippen LogP contribution in [0, 0.1) is 17.7 Å². The molecular formula is C11H6F2NO. The number of nitrogens with zero attached hydrogens (tertiary/aromatic N) is 1. The first-order chi connectivity index (χ1) is 7.18. The number of hydrogen-bond acceptors (Lipinski definition) is 2. The van der Waals surface area contributed by atoms with E-state index in [1.807, 2.05) is 0 Å². The number of hydrogen-bond donors (Lipinski definition) is 1. The summed E-state index contributed by atoms with van der Waals surface area (Å²) >= 11 is 0. The van der Waals surface area contributed by atoms with Gasteiger partial charge in [-0.1, -0.05) is 12.1 Å². The third-order valence-corrected chi connectivity index (χ3v) is 1.90. The van der Waals surface area contributed by atoms with Gasteiger partial charge in [-0.15, -0.1) is 0 Å². The molecule has 1 heterocycles. The van der Waals surface area contributed by atoms with Gasteiger partial charge in [0.15, 0.2) is 5.82 Å². The summed E-state index contributed by atoms with van der Waals surface area (Å²) < 4.78 is 25.9. The van der Waals surface area contributed by atoms with Crippen molar-refractivity contribution in [3.8, 4) is 17.0 Å². The van der Waals surface area contributed by atoms with Gasteiger partial charge in [0.25, 0.3) is 0 Å². The van der Waals surface area contributed by atoms with Crippen LogP contribution in [0.3, 0.4) is 0 Å². The second-order valence-electron chi connectivity index (χ2n) is 2.92. The molecule has 1 aromatic carbocycles. The number of rotatable bonds is 1. The van der Waals surface area contributed by atoms with Gasteiger partial charge in [0.1, 0.15) is 17.3 Å². The van der Waals surface area contributed by atoms with Crippen LogP contribution in [0.15, 0.2) is 30.5 Å². The van der Waals surface area contributed by atoms with E-state index in [1.54, 1.807) is 6.07 Å². The third kappa shape index (κ3) is 1.79. The lowest BCUT2D eigenvalue weighted by molar-refractivity contribution is 0.475. The summed E-state index contributed by atoms with van der Waals surface area (Å²) in [5.41, 5.74) is 0.0979. The predicted molar refractivity (Wildman–Crippen MR) is 50.1 cm³/mol. The number of para-hydroxylation sites is 1. The van der Waals surface area contributed by atoms with Gasteiger partial charge in [0, 0.05) is 17.7 Å². The van der Waals surface area contributed by atoms with Crippen molar-refractivity contribution >= 4 is 0 Å². The Bertz CT molecular complexity index is 500. The fraction of sp³-hybridized carbons (Fsp3) is 0. The monoisotopic (exact) mass is 206 g/mol. The molecule has 0 fully saturated rings. The number of aromatic nitrogens is 1. The second kappa shape index (κ2) is 3.65. The first-order valence-electron chi connectivity index (χ1n) is 4.19. The van der Waals surface area contributed by atoms with Crippen molar-refractivity contribution in [1.29, 1.82) is 0 Å². The fourth-order valence-electron chi connectivity index (χ4n) is 1.23. The molecule has 0 saturated heterocycles. The molecular weight excluding hydrogens is 200 g/mol. The van der Waals surface area contributed by atoms with E-state index in [0.29, 0.717) is 0 Å². The van der Waals surface area contributed by atoms with Crippen LogP contribution in [0.4, 0.5) is 8.78 Å². The summed E-state index contributed by atoms with van der Waals surface area (Å²) in [6, 6.07) is 7.76. The van der Waals surface area contributed by atoms with Crippen LogP contribution >= 0.6 is 0 Å². The molecule has 4 heteroatoms. The Morgan fingerprint density at radius 1 is 1.33 bits per heavy atom. The van der Waals surface area contributed by atoms with Crippen LogP contribution in [0.5, 0.6) is 5.75 Å². The van der Waals surface area contributed by atoms with Crippen molar-refractivity contribution < 1.29 is 13.9 Å². The standard InChI is InChI=1S/C11H6F2NO/c12-7-5-9(13)11(14-6-7)8-3-1-2-4-10(8)15/h1-3,5-6,15H. The van der Waals surface area contributed by atoms with Gasteiger partial charge in [-0.05, 0) is 6.07 Å². The third-order valence-electron chi connectivity index (χ3n) is 1.90. The van der Waals surface area contributed by atoms with E-state index >= 15 is 0 Å². The molecule has 0 aliphatic rings. The molecule has 2 rings (SSSR count). The molecule has 0 spiro atoms. The van der Waals surface area contributed by atoms with Gasteiger partial charge in [0.2, 0.25) is 0 Å². The highest BCUT2D eigenvalue weighted by Crippen LogP contribution is 2.28. The normalized spacial score (nSPS) is 10.3.